The number of unbranched alkanes of at least 4 members (excludes halogenated alkanes) is 26. The van der Waals surface area contributed by atoms with Crippen molar-refractivity contribution < 1.29 is 80.2 Å². The summed E-state index contributed by atoms with van der Waals surface area (Å²) < 4.78 is 68.4. The maximum absolute atomic E-state index is 13.1. The predicted octanol–water partition coefficient (Wildman–Crippen LogP) is 22.3. The first-order valence-corrected chi connectivity index (χ1v) is 41.8. The molecular formula is C81H138O17P2. The maximum atomic E-state index is 13.1. The van der Waals surface area contributed by atoms with Crippen molar-refractivity contribution in [1.82, 2.24) is 0 Å². The molecule has 0 bridgehead atoms. The Kier molecular flexibility index (Phi) is 69.5. The van der Waals surface area contributed by atoms with E-state index in [2.05, 4.69) is 137 Å². The molecule has 100 heavy (non-hydrogen) atoms. The molecule has 0 aliphatic rings. The number of carbonyl (C=O) groups is 4. The van der Waals surface area contributed by atoms with Gasteiger partial charge in [0.1, 0.15) is 19.3 Å². The number of aliphatic hydroxyl groups is 1. The van der Waals surface area contributed by atoms with Gasteiger partial charge in [-0.25, -0.2) is 9.13 Å². The lowest BCUT2D eigenvalue weighted by Gasteiger charge is -2.21. The molecule has 0 aliphatic heterocycles. The van der Waals surface area contributed by atoms with E-state index in [0.717, 1.165) is 135 Å². The summed E-state index contributed by atoms with van der Waals surface area (Å²) in [5.74, 6) is -2.29. The normalized spacial score (nSPS) is 14.6. The number of phosphoric acid groups is 2. The zero-order valence-corrected chi connectivity index (χ0v) is 64.4. The molecule has 17 nitrogen and oxygen atoms in total. The minimum Gasteiger partial charge on any atom is -0.462 e. The Hall–Kier alpha value is -4.54. The first kappa shape index (κ1) is 95.5. The SMILES string of the molecule is CC/C=C\C/C=C\C/C=C\C/C=C\C/C=C\CCCC(=O)OCC(COP(=O)(O)OCC(O)COP(=O)(O)OCC(COC(=O)CCCC/C=C\C/C=C\C/C=C\C/C=C\CC)OC(=O)CCCCCCCCCCCCCCCCC)OC(=O)CCCCCCC/C=C\CCCCCC. The second-order valence-electron chi connectivity index (χ2n) is 25.5. The van der Waals surface area contributed by atoms with Crippen LogP contribution in [0.3, 0.4) is 0 Å². The highest BCUT2D eigenvalue weighted by molar-refractivity contribution is 7.47. The van der Waals surface area contributed by atoms with Gasteiger partial charge in [0.2, 0.25) is 0 Å². The number of hydrogen-bond acceptors (Lipinski definition) is 15. The van der Waals surface area contributed by atoms with Crippen molar-refractivity contribution >= 4 is 39.5 Å². The summed E-state index contributed by atoms with van der Waals surface area (Å²) in [5.41, 5.74) is 0. The lowest BCUT2D eigenvalue weighted by molar-refractivity contribution is -0.161. The van der Waals surface area contributed by atoms with E-state index in [9.17, 15) is 43.2 Å². The fraction of sp³-hybridized carbons (Fsp3) is 0.704. The quantitative estimate of drug-likeness (QED) is 0.0169. The van der Waals surface area contributed by atoms with Crippen LogP contribution >= 0.6 is 15.6 Å². The average Bonchev–Trinajstić information content (AvgIpc) is 0.965. The van der Waals surface area contributed by atoms with Gasteiger partial charge in [-0.2, -0.15) is 0 Å². The van der Waals surface area contributed by atoms with E-state index in [1.54, 1.807) is 0 Å². The number of phosphoric ester groups is 2. The number of hydrogen-bond donors (Lipinski definition) is 3. The van der Waals surface area contributed by atoms with Gasteiger partial charge < -0.3 is 33.8 Å². The fourth-order valence-electron chi connectivity index (χ4n) is 10.1. The molecule has 574 valence electrons. The molecule has 0 rings (SSSR count). The molecule has 0 saturated carbocycles. The predicted molar refractivity (Wildman–Crippen MR) is 408 cm³/mol. The van der Waals surface area contributed by atoms with Crippen molar-refractivity contribution in [2.24, 2.45) is 0 Å². The third-order valence-electron chi connectivity index (χ3n) is 15.9. The van der Waals surface area contributed by atoms with E-state index in [-0.39, 0.29) is 25.7 Å². The van der Waals surface area contributed by atoms with E-state index in [1.807, 2.05) is 12.2 Å². The molecule has 0 radical (unpaired) electrons. The number of aliphatic hydroxyl groups excluding tert-OH is 1. The third-order valence-corrected chi connectivity index (χ3v) is 17.8. The first-order valence-electron chi connectivity index (χ1n) is 38.8. The Balaban J connectivity index is 5.42. The van der Waals surface area contributed by atoms with Crippen molar-refractivity contribution in [3.8, 4) is 0 Å². The molecule has 0 aromatic rings. The molecule has 0 spiro atoms. The van der Waals surface area contributed by atoms with Crippen LogP contribution in [0.4, 0.5) is 0 Å². The molecule has 0 aromatic carbocycles. The molecular weight excluding hydrogens is 1310 g/mol. The van der Waals surface area contributed by atoms with Crippen molar-refractivity contribution in [1.29, 1.82) is 0 Å². The molecule has 0 aliphatic carbocycles. The van der Waals surface area contributed by atoms with Crippen molar-refractivity contribution in [2.75, 3.05) is 39.6 Å². The highest BCUT2D eigenvalue weighted by atomic mass is 31.2. The summed E-state index contributed by atoms with van der Waals surface area (Å²) in [4.78, 5) is 72.9. The van der Waals surface area contributed by atoms with Gasteiger partial charge in [-0.15, -0.1) is 0 Å². The largest absolute Gasteiger partial charge is 0.472 e. The molecule has 0 amide bonds. The number of rotatable bonds is 72. The summed E-state index contributed by atoms with van der Waals surface area (Å²) in [6.45, 7) is 4.53. The van der Waals surface area contributed by atoms with Crippen LogP contribution in [0.25, 0.3) is 0 Å². The lowest BCUT2D eigenvalue weighted by Crippen LogP contribution is -2.30. The van der Waals surface area contributed by atoms with Crippen molar-refractivity contribution in [3.63, 3.8) is 0 Å². The first-order chi connectivity index (χ1) is 48.7. The van der Waals surface area contributed by atoms with Gasteiger partial charge in [0.05, 0.1) is 26.4 Å². The molecule has 0 saturated heterocycles. The smallest absolute Gasteiger partial charge is 0.462 e. The highest BCUT2D eigenvalue weighted by Gasteiger charge is 2.30. The Morgan fingerprint density at radius 3 is 0.880 bits per heavy atom. The van der Waals surface area contributed by atoms with Gasteiger partial charge in [0.25, 0.3) is 0 Å². The molecule has 3 N–H and O–H groups in total. The minimum atomic E-state index is -4.99. The Morgan fingerprint density at radius 1 is 0.290 bits per heavy atom. The second-order valence-corrected chi connectivity index (χ2v) is 28.4. The summed E-state index contributed by atoms with van der Waals surface area (Å²) in [6.07, 6.45) is 79.1. The highest BCUT2D eigenvalue weighted by Crippen LogP contribution is 2.45. The molecule has 5 unspecified atom stereocenters. The summed E-state index contributed by atoms with van der Waals surface area (Å²) in [6, 6.07) is 0. The van der Waals surface area contributed by atoms with E-state index in [0.29, 0.717) is 32.1 Å². The fourth-order valence-corrected chi connectivity index (χ4v) is 11.6. The van der Waals surface area contributed by atoms with E-state index in [1.165, 1.54) is 89.9 Å². The van der Waals surface area contributed by atoms with Crippen LogP contribution in [0.15, 0.2) is 122 Å². The molecule has 0 heterocycles. The molecule has 0 aromatic heterocycles. The van der Waals surface area contributed by atoms with Gasteiger partial charge in [-0.1, -0.05) is 278 Å². The van der Waals surface area contributed by atoms with E-state index in [4.69, 9.17) is 37.0 Å². The zero-order chi connectivity index (χ0) is 73.2. The van der Waals surface area contributed by atoms with Crippen LogP contribution in [0.2, 0.25) is 0 Å². The Bertz CT molecular complexity index is 2370. The summed E-state index contributed by atoms with van der Waals surface area (Å²) in [7, 11) is -9.98. The van der Waals surface area contributed by atoms with Crippen LogP contribution < -0.4 is 0 Å². The third kappa shape index (κ3) is 71.8. The van der Waals surface area contributed by atoms with Gasteiger partial charge in [-0.3, -0.25) is 37.3 Å². The monoisotopic (exact) mass is 1440 g/mol. The standard InChI is InChI=1S/C81H138O17P2/c1-5-9-13-17-21-25-29-33-36-37-40-43-46-50-54-58-62-66-79(84)92-71-76(97-80(85)67-63-59-55-51-47-41-32-28-24-20-16-12-8-4)73-95-99(87,88)93-69-75(82)70-94-100(89,90)96-74-77(98-81(86)68-64-60-56-52-48-44-39-35-31-27-23-19-15-11-7-3)72-91-78(83)65-61-57-53-49-45-42-38-34-30-26-22-18-14-10-6-2/h9-10,13-14,21-22,25-26,28,32-34,36,38,40,43,45,49-50,54,75-77,82H,5-8,11-12,15-20,23-24,27,29-31,35,37,39,41-42,44,46-48,51-53,55-74H2,1-4H3,(H,87,88)(H,89,90)/b13-9-,14-10-,25-21-,26-22-,32-28-,36-33-,38-34-,43-40-,49-45-,54-50-. The van der Waals surface area contributed by atoms with Gasteiger partial charge in [0.15, 0.2) is 12.2 Å². The van der Waals surface area contributed by atoms with Crippen molar-refractivity contribution in [3.05, 3.63) is 122 Å². The Morgan fingerprint density at radius 2 is 0.530 bits per heavy atom. The number of ether oxygens (including phenoxy) is 4. The maximum Gasteiger partial charge on any atom is 0.472 e. The van der Waals surface area contributed by atoms with Gasteiger partial charge >= 0.3 is 39.5 Å². The van der Waals surface area contributed by atoms with Crippen LogP contribution in [-0.4, -0.2) is 96.7 Å². The van der Waals surface area contributed by atoms with Crippen LogP contribution in [-0.2, 0) is 65.4 Å². The second kappa shape index (κ2) is 72.8. The molecule has 19 heteroatoms. The summed E-state index contributed by atoms with van der Waals surface area (Å²) in [5, 5.41) is 10.6. The lowest BCUT2D eigenvalue weighted by atomic mass is 10.0. The van der Waals surface area contributed by atoms with Crippen LogP contribution in [0, 0.1) is 0 Å². The minimum absolute atomic E-state index is 0.0702. The molecule has 0 fully saturated rings. The van der Waals surface area contributed by atoms with Gasteiger partial charge in [-0.05, 0) is 128 Å². The number of esters is 4. The van der Waals surface area contributed by atoms with E-state index >= 15 is 0 Å². The zero-order valence-electron chi connectivity index (χ0n) is 62.6. The molecule has 5 atom stereocenters. The van der Waals surface area contributed by atoms with Crippen molar-refractivity contribution in [2.45, 2.75) is 329 Å². The summed E-state index contributed by atoms with van der Waals surface area (Å²) >= 11 is 0. The topological polar surface area (TPSA) is 237 Å². The van der Waals surface area contributed by atoms with E-state index < -0.39 is 97.5 Å². The Labute approximate surface area is 606 Å². The number of allylic oxidation sites excluding steroid dienone is 20. The van der Waals surface area contributed by atoms with Crippen LogP contribution in [0.1, 0.15) is 310 Å². The number of carbonyl (C=O) groups excluding carboxylic acids is 4. The van der Waals surface area contributed by atoms with Gasteiger partial charge in [0, 0.05) is 25.7 Å². The average molecular weight is 1450 g/mol. The van der Waals surface area contributed by atoms with Crippen LogP contribution in [0.5, 0.6) is 0 Å².